The topological polar surface area (TPSA) is 45.2 Å². The number of piperidine rings is 1. The van der Waals surface area contributed by atoms with Gasteiger partial charge in [-0.15, -0.1) is 24.8 Å². The van der Waals surface area contributed by atoms with Crippen molar-refractivity contribution in [1.82, 2.24) is 4.90 Å². The fraction of sp³-hybridized carbons (Fsp3) is 0.520. The van der Waals surface area contributed by atoms with Crippen molar-refractivity contribution in [3.8, 4) is 11.5 Å². The number of halogens is 2. The molecule has 1 fully saturated rings. The smallest absolute Gasteiger partial charge is 0.119 e. The monoisotopic (exact) mass is 484 g/mol. The number of anilines is 1. The first-order chi connectivity index (χ1) is 14.4. The first-order valence-corrected chi connectivity index (χ1v) is 10.9. The number of hydrogen-bond acceptors (Lipinski definition) is 5. The van der Waals surface area contributed by atoms with Crippen molar-refractivity contribution in [3.63, 3.8) is 0 Å². The zero-order valence-electron chi connectivity index (χ0n) is 19.6. The van der Waals surface area contributed by atoms with Crippen molar-refractivity contribution in [2.24, 2.45) is 0 Å². The predicted molar refractivity (Wildman–Crippen MR) is 137 cm³/mol. The highest BCUT2D eigenvalue weighted by molar-refractivity contribution is 5.85. The van der Waals surface area contributed by atoms with Gasteiger partial charge in [-0.05, 0) is 75.1 Å². The van der Waals surface area contributed by atoms with Crippen LogP contribution in [0.1, 0.15) is 38.7 Å². The molecule has 2 aromatic carbocycles. The maximum atomic E-state index is 11.1. The molecule has 0 radical (unpaired) electrons. The Kier molecular flexibility index (Phi) is 11.7. The Morgan fingerprint density at radius 3 is 2.28 bits per heavy atom. The highest BCUT2D eigenvalue weighted by Crippen LogP contribution is 2.28. The van der Waals surface area contributed by atoms with Crippen LogP contribution in [0.2, 0.25) is 0 Å². The van der Waals surface area contributed by atoms with Crippen molar-refractivity contribution < 1.29 is 14.6 Å². The standard InChI is InChI=1S/C25H36N2O3.2ClH/c1-20(2)30-23-10-8-22(9-11-23)26(3)15-12-25(28)13-16-27(17-14-25)19-21-6-5-7-24(18-21)29-4;;/h5-11,18,20,28H,12-17,19H2,1-4H3;2*1H. The Balaban J connectivity index is 0.00000256. The molecule has 1 saturated heterocycles. The van der Waals surface area contributed by atoms with Crippen LogP contribution in [0.25, 0.3) is 0 Å². The van der Waals surface area contributed by atoms with Gasteiger partial charge in [0.2, 0.25) is 0 Å². The highest BCUT2D eigenvalue weighted by Gasteiger charge is 2.32. The Morgan fingerprint density at radius 1 is 1.03 bits per heavy atom. The quantitative estimate of drug-likeness (QED) is 0.531. The second-order valence-corrected chi connectivity index (χ2v) is 8.68. The van der Waals surface area contributed by atoms with Gasteiger partial charge in [0.1, 0.15) is 11.5 Å². The van der Waals surface area contributed by atoms with Crippen molar-refractivity contribution >= 4 is 30.5 Å². The van der Waals surface area contributed by atoms with Crippen LogP contribution in [0.4, 0.5) is 5.69 Å². The molecule has 5 nitrogen and oxygen atoms in total. The summed E-state index contributed by atoms with van der Waals surface area (Å²) in [5, 5.41) is 11.1. The molecule has 0 spiro atoms. The molecule has 32 heavy (non-hydrogen) atoms. The summed E-state index contributed by atoms with van der Waals surface area (Å²) >= 11 is 0. The maximum Gasteiger partial charge on any atom is 0.119 e. The van der Waals surface area contributed by atoms with Gasteiger partial charge in [-0.1, -0.05) is 12.1 Å². The molecule has 1 aliphatic heterocycles. The maximum absolute atomic E-state index is 11.1. The van der Waals surface area contributed by atoms with Crippen LogP contribution < -0.4 is 14.4 Å². The van der Waals surface area contributed by atoms with Gasteiger partial charge >= 0.3 is 0 Å². The number of rotatable bonds is 9. The predicted octanol–water partition coefficient (Wildman–Crippen LogP) is 5.18. The normalized spacial score (nSPS) is 15.4. The van der Waals surface area contributed by atoms with Gasteiger partial charge in [0.05, 0.1) is 18.8 Å². The lowest BCUT2D eigenvalue weighted by Crippen LogP contribution is -2.45. The zero-order valence-corrected chi connectivity index (χ0v) is 21.3. The van der Waals surface area contributed by atoms with Gasteiger partial charge in [0.15, 0.2) is 0 Å². The van der Waals surface area contributed by atoms with Crippen LogP contribution in [0.15, 0.2) is 48.5 Å². The van der Waals surface area contributed by atoms with E-state index in [0.29, 0.717) is 0 Å². The van der Waals surface area contributed by atoms with E-state index in [9.17, 15) is 5.11 Å². The summed E-state index contributed by atoms with van der Waals surface area (Å²) in [6, 6.07) is 16.4. The summed E-state index contributed by atoms with van der Waals surface area (Å²) in [4.78, 5) is 4.63. The van der Waals surface area contributed by atoms with Crippen LogP contribution in [-0.4, -0.2) is 55.5 Å². The molecule has 1 heterocycles. The molecule has 1 N–H and O–H groups in total. The molecule has 0 bridgehead atoms. The van der Waals surface area contributed by atoms with Crippen molar-refractivity contribution in [2.45, 2.75) is 51.4 Å². The molecule has 0 saturated carbocycles. The molecule has 0 atom stereocenters. The third-order valence-electron chi connectivity index (χ3n) is 5.89. The molecule has 1 aliphatic rings. The van der Waals surface area contributed by atoms with E-state index >= 15 is 0 Å². The van der Waals surface area contributed by atoms with E-state index in [1.807, 2.05) is 38.1 Å². The lowest BCUT2D eigenvalue weighted by atomic mass is 9.88. The number of methoxy groups -OCH3 is 1. The third-order valence-corrected chi connectivity index (χ3v) is 5.89. The minimum atomic E-state index is -0.583. The van der Waals surface area contributed by atoms with E-state index < -0.39 is 5.60 Å². The molecule has 0 unspecified atom stereocenters. The summed E-state index contributed by atoms with van der Waals surface area (Å²) < 4.78 is 11.0. The third kappa shape index (κ3) is 8.36. The Hall–Kier alpha value is -1.66. The van der Waals surface area contributed by atoms with Gasteiger partial charge < -0.3 is 19.5 Å². The van der Waals surface area contributed by atoms with Crippen LogP contribution in [0, 0.1) is 0 Å². The minimum Gasteiger partial charge on any atom is -0.497 e. The second kappa shape index (κ2) is 13.1. The first-order valence-electron chi connectivity index (χ1n) is 10.9. The molecule has 3 rings (SSSR count). The molecular weight excluding hydrogens is 447 g/mol. The fourth-order valence-corrected chi connectivity index (χ4v) is 3.96. The average molecular weight is 485 g/mol. The number of likely N-dealkylation sites (tertiary alicyclic amines) is 1. The summed E-state index contributed by atoms with van der Waals surface area (Å²) in [6.45, 7) is 7.62. The first kappa shape index (κ1) is 28.4. The van der Waals surface area contributed by atoms with Gasteiger partial charge in [-0.2, -0.15) is 0 Å². The number of aliphatic hydroxyl groups is 1. The van der Waals surface area contributed by atoms with E-state index in [4.69, 9.17) is 9.47 Å². The molecular formula is C25H38Cl2N2O3. The van der Waals surface area contributed by atoms with Crippen molar-refractivity contribution in [3.05, 3.63) is 54.1 Å². The molecule has 0 aromatic heterocycles. The molecule has 0 aliphatic carbocycles. The van der Waals surface area contributed by atoms with Crippen molar-refractivity contribution in [1.29, 1.82) is 0 Å². The SMILES string of the molecule is COc1cccc(CN2CCC(O)(CCN(C)c3ccc(OC(C)C)cc3)CC2)c1.Cl.Cl. The van der Waals surface area contributed by atoms with E-state index in [2.05, 4.69) is 41.1 Å². The van der Waals surface area contributed by atoms with Crippen LogP contribution in [0.5, 0.6) is 11.5 Å². The van der Waals surface area contributed by atoms with E-state index in [-0.39, 0.29) is 30.9 Å². The van der Waals surface area contributed by atoms with E-state index in [0.717, 1.165) is 62.6 Å². The molecule has 180 valence electrons. The average Bonchev–Trinajstić information content (AvgIpc) is 2.74. The number of ether oxygens (including phenoxy) is 2. The van der Waals surface area contributed by atoms with E-state index in [1.54, 1.807) is 7.11 Å². The van der Waals surface area contributed by atoms with Gasteiger partial charge in [-0.3, -0.25) is 4.90 Å². The summed E-state index contributed by atoms with van der Waals surface area (Å²) in [7, 11) is 3.78. The fourth-order valence-electron chi connectivity index (χ4n) is 3.96. The number of hydrogen-bond donors (Lipinski definition) is 1. The van der Waals surface area contributed by atoms with E-state index in [1.165, 1.54) is 5.56 Å². The molecule has 0 amide bonds. The van der Waals surface area contributed by atoms with Crippen molar-refractivity contribution in [2.75, 3.05) is 38.7 Å². The Morgan fingerprint density at radius 2 is 1.69 bits per heavy atom. The largest absolute Gasteiger partial charge is 0.497 e. The summed E-state index contributed by atoms with van der Waals surface area (Å²) in [6.07, 6.45) is 2.58. The number of nitrogens with zero attached hydrogens (tertiary/aromatic N) is 2. The summed E-state index contributed by atoms with van der Waals surface area (Å²) in [5.74, 6) is 1.79. The van der Waals surface area contributed by atoms with Gasteiger partial charge in [0.25, 0.3) is 0 Å². The number of benzene rings is 2. The van der Waals surface area contributed by atoms with Gasteiger partial charge in [-0.25, -0.2) is 0 Å². The van der Waals surface area contributed by atoms with Crippen LogP contribution >= 0.6 is 24.8 Å². The molecule has 7 heteroatoms. The lowest BCUT2D eigenvalue weighted by Gasteiger charge is -2.39. The van der Waals surface area contributed by atoms with Gasteiger partial charge in [0, 0.05) is 38.9 Å². The highest BCUT2D eigenvalue weighted by atomic mass is 35.5. The summed E-state index contributed by atoms with van der Waals surface area (Å²) in [5.41, 5.74) is 1.81. The van der Waals surface area contributed by atoms with Crippen LogP contribution in [-0.2, 0) is 6.54 Å². The Bertz CT molecular complexity index is 794. The molecule has 2 aromatic rings. The minimum absolute atomic E-state index is 0. The second-order valence-electron chi connectivity index (χ2n) is 8.68. The van der Waals surface area contributed by atoms with Crippen LogP contribution in [0.3, 0.4) is 0 Å². The zero-order chi connectivity index (χ0) is 21.6. The lowest BCUT2D eigenvalue weighted by molar-refractivity contribution is -0.0275. The Labute approximate surface area is 205 Å².